The molecule has 1 aliphatic carbocycles. The number of piperidine rings is 1. The summed E-state index contributed by atoms with van der Waals surface area (Å²) < 4.78 is 26.4. The van der Waals surface area contributed by atoms with E-state index in [2.05, 4.69) is 15.4 Å². The maximum absolute atomic E-state index is 14.0. The Balaban J connectivity index is 0.000000255. The number of anilines is 3. The number of benzene rings is 1. The largest absolute Gasteiger partial charge is 0.444 e. The number of aromatic nitrogens is 3. The van der Waals surface area contributed by atoms with Crippen LogP contribution in [0.1, 0.15) is 78.7 Å². The quantitative estimate of drug-likeness (QED) is 0.362. The van der Waals surface area contributed by atoms with Crippen molar-refractivity contribution in [2.45, 2.75) is 90.4 Å². The van der Waals surface area contributed by atoms with Crippen molar-refractivity contribution in [2.24, 2.45) is 0 Å². The van der Waals surface area contributed by atoms with Crippen LogP contribution in [-0.4, -0.2) is 74.2 Å². The summed E-state index contributed by atoms with van der Waals surface area (Å²) in [5.74, 6) is 0.990. The highest BCUT2D eigenvalue weighted by Gasteiger charge is 2.32. The third-order valence-electron chi connectivity index (χ3n) is 6.67. The summed E-state index contributed by atoms with van der Waals surface area (Å²) in [6.07, 6.45) is 4.28. The molecule has 2 fully saturated rings. The van der Waals surface area contributed by atoms with Crippen LogP contribution in [0.4, 0.5) is 31.3 Å². The molecule has 2 N–H and O–H groups in total. The van der Waals surface area contributed by atoms with Crippen LogP contribution in [0.3, 0.4) is 0 Å². The minimum atomic E-state index is -0.718. The van der Waals surface area contributed by atoms with Crippen molar-refractivity contribution < 1.29 is 28.6 Å². The van der Waals surface area contributed by atoms with E-state index in [4.69, 9.17) is 9.47 Å². The number of fused-ring (bicyclic) bond motifs is 1. The highest BCUT2D eigenvalue weighted by Crippen LogP contribution is 2.42. The summed E-state index contributed by atoms with van der Waals surface area (Å²) in [6, 6.07) is 7.53. The Kier molecular flexibility index (Phi) is 9.48. The van der Waals surface area contributed by atoms with Gasteiger partial charge in [0, 0.05) is 31.8 Å². The molecule has 3 heterocycles. The fourth-order valence-electron chi connectivity index (χ4n) is 4.63. The second-order valence-corrected chi connectivity index (χ2v) is 12.9. The summed E-state index contributed by atoms with van der Waals surface area (Å²) in [4.78, 5) is 32.3. The number of amides is 2. The maximum Gasteiger partial charge on any atom is 0.420 e. The van der Waals surface area contributed by atoms with Crippen LogP contribution in [0.5, 0.6) is 0 Å². The molecule has 2 amide bonds. The Bertz CT molecular complexity index is 1440. The molecule has 43 heavy (non-hydrogen) atoms. The van der Waals surface area contributed by atoms with Crippen LogP contribution in [-0.2, 0) is 9.47 Å². The Morgan fingerprint density at radius 1 is 1.07 bits per heavy atom. The zero-order valence-corrected chi connectivity index (χ0v) is 26.1. The third-order valence-corrected chi connectivity index (χ3v) is 6.67. The first-order valence-electron chi connectivity index (χ1n) is 14.7. The summed E-state index contributed by atoms with van der Waals surface area (Å²) in [5, 5.41) is 16.9. The van der Waals surface area contributed by atoms with E-state index in [9.17, 15) is 19.1 Å². The van der Waals surface area contributed by atoms with Crippen molar-refractivity contribution in [3.63, 3.8) is 0 Å². The zero-order valence-electron chi connectivity index (χ0n) is 26.1. The van der Waals surface area contributed by atoms with Crippen molar-refractivity contribution in [3.8, 4) is 0 Å². The van der Waals surface area contributed by atoms with Gasteiger partial charge in [0.1, 0.15) is 28.7 Å². The van der Waals surface area contributed by atoms with Crippen LogP contribution in [0, 0.1) is 5.82 Å². The van der Waals surface area contributed by atoms with Gasteiger partial charge in [-0.05, 0) is 91.3 Å². The lowest BCUT2D eigenvalue weighted by molar-refractivity contribution is 0.00390. The van der Waals surface area contributed by atoms with Gasteiger partial charge in [-0.1, -0.05) is 6.07 Å². The molecule has 0 radical (unpaired) electrons. The van der Waals surface area contributed by atoms with Gasteiger partial charge in [0.2, 0.25) is 0 Å². The predicted molar refractivity (Wildman–Crippen MR) is 162 cm³/mol. The van der Waals surface area contributed by atoms with Crippen LogP contribution >= 0.6 is 0 Å². The number of carbonyl (C=O) groups excluding carboxylic acids is 2. The van der Waals surface area contributed by atoms with Gasteiger partial charge in [-0.2, -0.15) is 9.61 Å². The monoisotopic (exact) mass is 598 g/mol. The Morgan fingerprint density at radius 2 is 1.77 bits per heavy atom. The number of aliphatic hydroxyl groups is 1. The normalized spacial score (nSPS) is 17.1. The second-order valence-electron chi connectivity index (χ2n) is 12.9. The number of halogens is 1. The van der Waals surface area contributed by atoms with E-state index in [0.717, 1.165) is 31.2 Å². The second kappa shape index (κ2) is 12.7. The molecule has 1 saturated heterocycles. The van der Waals surface area contributed by atoms with Gasteiger partial charge in [0.15, 0.2) is 5.65 Å². The van der Waals surface area contributed by atoms with Gasteiger partial charge in [-0.15, -0.1) is 0 Å². The van der Waals surface area contributed by atoms with Crippen LogP contribution in [0.25, 0.3) is 5.65 Å². The lowest BCUT2D eigenvalue weighted by Gasteiger charge is -2.32. The standard InChI is InChI=1S/C21H24FN5O2.C10H19NO3/c1-21(2,3)29-20(28)26(15-7-5-6-14(22)10-15)18-11-17(23-4)25-19-16(13-8-9-13)12-24-27(18)19;1-10(2,3)14-9(13)11-6-4-5-8(12)7-11/h5-7,10-13H,8-9H2,1-4H3,(H,23,25);8,12H,4-7H2,1-3H3. The van der Waals surface area contributed by atoms with Crippen molar-refractivity contribution in [1.29, 1.82) is 0 Å². The molecule has 2 aromatic heterocycles. The predicted octanol–water partition coefficient (Wildman–Crippen LogP) is 6.24. The van der Waals surface area contributed by atoms with Crippen molar-refractivity contribution in [3.05, 3.63) is 47.9 Å². The van der Waals surface area contributed by atoms with Crippen LogP contribution < -0.4 is 10.2 Å². The molecule has 1 saturated carbocycles. The van der Waals surface area contributed by atoms with Gasteiger partial charge in [-0.25, -0.2) is 23.9 Å². The highest BCUT2D eigenvalue weighted by molar-refractivity contribution is 5.96. The minimum absolute atomic E-state index is 0.323. The van der Waals surface area contributed by atoms with E-state index in [1.165, 1.54) is 17.0 Å². The van der Waals surface area contributed by atoms with E-state index in [1.54, 1.807) is 61.6 Å². The van der Waals surface area contributed by atoms with Crippen LogP contribution in [0.2, 0.25) is 0 Å². The lowest BCUT2D eigenvalue weighted by atomic mass is 10.1. The van der Waals surface area contributed by atoms with Gasteiger partial charge < -0.3 is 24.8 Å². The molecule has 5 rings (SSSR count). The molecule has 2 aliphatic rings. The van der Waals surface area contributed by atoms with E-state index < -0.39 is 29.2 Å². The molecular formula is C31H43FN6O5. The molecule has 0 bridgehead atoms. The van der Waals surface area contributed by atoms with Crippen molar-refractivity contribution in [2.75, 3.05) is 30.4 Å². The Morgan fingerprint density at radius 3 is 2.35 bits per heavy atom. The molecule has 12 heteroatoms. The number of likely N-dealkylation sites (tertiary alicyclic amines) is 1. The molecule has 11 nitrogen and oxygen atoms in total. The van der Waals surface area contributed by atoms with Gasteiger partial charge in [-0.3, -0.25) is 0 Å². The number of hydrogen-bond donors (Lipinski definition) is 2. The van der Waals surface area contributed by atoms with E-state index in [1.807, 2.05) is 20.8 Å². The van der Waals surface area contributed by atoms with Gasteiger partial charge in [0.05, 0.1) is 18.0 Å². The van der Waals surface area contributed by atoms with E-state index in [0.29, 0.717) is 42.0 Å². The topological polar surface area (TPSA) is 122 Å². The van der Waals surface area contributed by atoms with Crippen LogP contribution in [0.15, 0.2) is 36.5 Å². The first-order chi connectivity index (χ1) is 20.1. The number of carbonyl (C=O) groups is 2. The van der Waals surface area contributed by atoms with Gasteiger partial charge in [0.25, 0.3) is 0 Å². The molecule has 1 unspecified atom stereocenters. The van der Waals surface area contributed by atoms with Crippen molar-refractivity contribution >= 4 is 35.2 Å². The number of aliphatic hydroxyl groups excluding tert-OH is 1. The number of β-amino-alcohol motifs (C(OH)–C–C–N with tert-alkyl or cyclic N) is 1. The molecular weight excluding hydrogens is 555 g/mol. The lowest BCUT2D eigenvalue weighted by Crippen LogP contribution is -2.44. The first-order valence-corrected chi connectivity index (χ1v) is 14.7. The molecule has 3 aromatic rings. The summed E-state index contributed by atoms with van der Waals surface area (Å²) >= 11 is 0. The number of rotatable bonds is 4. The Hall–Kier alpha value is -3.93. The first kappa shape index (κ1) is 32.0. The maximum atomic E-state index is 14.0. The summed E-state index contributed by atoms with van der Waals surface area (Å²) in [6.45, 7) is 12.0. The summed E-state index contributed by atoms with van der Waals surface area (Å²) in [5.41, 5.74) is 0.895. The smallest absolute Gasteiger partial charge is 0.420 e. The molecule has 234 valence electrons. The fourth-order valence-corrected chi connectivity index (χ4v) is 4.63. The minimum Gasteiger partial charge on any atom is -0.444 e. The average Bonchev–Trinajstić information content (AvgIpc) is 3.65. The van der Waals surface area contributed by atoms with Crippen molar-refractivity contribution in [1.82, 2.24) is 19.5 Å². The van der Waals surface area contributed by atoms with E-state index in [-0.39, 0.29) is 6.09 Å². The molecule has 0 spiro atoms. The molecule has 1 aromatic carbocycles. The van der Waals surface area contributed by atoms with E-state index >= 15 is 0 Å². The van der Waals surface area contributed by atoms with Gasteiger partial charge >= 0.3 is 12.2 Å². The number of ether oxygens (including phenoxy) is 2. The highest BCUT2D eigenvalue weighted by atomic mass is 19.1. The third kappa shape index (κ3) is 8.56. The zero-order chi connectivity index (χ0) is 31.5. The fraction of sp³-hybridized carbons (Fsp3) is 0.548. The molecule has 1 atom stereocenters. The number of nitrogens with one attached hydrogen (secondary N) is 1. The average molecular weight is 599 g/mol. The number of hydrogen-bond acceptors (Lipinski definition) is 8. The summed E-state index contributed by atoms with van der Waals surface area (Å²) in [7, 11) is 1.76. The SMILES string of the molecule is CC(C)(C)OC(=O)N1CCCC(O)C1.CNc1cc(N(C(=O)OC(C)(C)C)c2cccc(F)c2)n2ncc(C3CC3)c2n1. The number of nitrogens with zero attached hydrogens (tertiary/aromatic N) is 5. The Labute approximate surface area is 252 Å². The molecule has 1 aliphatic heterocycles.